The summed E-state index contributed by atoms with van der Waals surface area (Å²) in [5, 5.41) is 14.2. The number of hydrogen-bond donors (Lipinski definition) is 2. The third-order valence-electron chi connectivity index (χ3n) is 4.92. The van der Waals surface area contributed by atoms with E-state index in [1.54, 1.807) is 0 Å². The van der Waals surface area contributed by atoms with Crippen molar-refractivity contribution >= 4 is 0 Å². The van der Waals surface area contributed by atoms with Gasteiger partial charge in [-0.3, -0.25) is 5.10 Å². The van der Waals surface area contributed by atoms with E-state index in [1.165, 1.54) is 24.7 Å². The maximum atomic E-state index is 5.48. The van der Waals surface area contributed by atoms with Gasteiger partial charge in [0, 0.05) is 6.54 Å². The summed E-state index contributed by atoms with van der Waals surface area (Å²) in [6.45, 7) is 9.81. The van der Waals surface area contributed by atoms with Crippen molar-refractivity contribution < 1.29 is 4.52 Å². The molecule has 3 unspecified atom stereocenters. The van der Waals surface area contributed by atoms with E-state index in [0.717, 1.165) is 6.54 Å². The van der Waals surface area contributed by atoms with Crippen molar-refractivity contribution in [2.75, 3.05) is 6.54 Å². The Morgan fingerprint density at radius 3 is 2.92 bits per heavy atom. The lowest BCUT2D eigenvalue weighted by atomic mass is 9.80. The van der Waals surface area contributed by atoms with Gasteiger partial charge in [-0.15, -0.1) is 0 Å². The van der Waals surface area contributed by atoms with E-state index in [4.69, 9.17) is 4.52 Å². The summed E-state index contributed by atoms with van der Waals surface area (Å²) in [5.41, 5.74) is 1.48. The largest absolute Gasteiger partial charge is 0.337 e. The van der Waals surface area contributed by atoms with Gasteiger partial charge in [0.25, 0.3) is 0 Å². The van der Waals surface area contributed by atoms with E-state index in [2.05, 4.69) is 64.4 Å². The Labute approximate surface area is 142 Å². The lowest BCUT2D eigenvalue weighted by Gasteiger charge is -2.31. The first-order valence-electron chi connectivity index (χ1n) is 8.65. The highest BCUT2D eigenvalue weighted by atomic mass is 16.5. The smallest absolute Gasteiger partial charge is 0.244 e. The van der Waals surface area contributed by atoms with Crippen LogP contribution in [0.25, 0.3) is 11.6 Å². The van der Waals surface area contributed by atoms with Crippen LogP contribution in [0.4, 0.5) is 0 Å². The first kappa shape index (κ1) is 16.8. The van der Waals surface area contributed by atoms with E-state index in [-0.39, 0.29) is 6.04 Å². The molecule has 0 amide bonds. The summed E-state index contributed by atoms with van der Waals surface area (Å²) in [6.07, 6.45) is 6.25. The fourth-order valence-corrected chi connectivity index (χ4v) is 3.37. The summed E-state index contributed by atoms with van der Waals surface area (Å²) < 4.78 is 5.48. The van der Waals surface area contributed by atoms with Crippen LogP contribution in [0, 0.1) is 17.8 Å². The van der Waals surface area contributed by atoms with Crippen LogP contribution in [0.2, 0.25) is 0 Å². The van der Waals surface area contributed by atoms with Gasteiger partial charge in [0.1, 0.15) is 6.33 Å². The zero-order valence-electron chi connectivity index (χ0n) is 14.8. The standard InChI is InChI=1S/C17H26N6O/c1-10(2)14(18-8-13-11(3)6-5-7-12(13)4)17-21-16(23-24-17)15-19-9-20-22-15/h6,9-10,12-14,18H,5,7-8H2,1-4H3,(H,19,20,22). The highest BCUT2D eigenvalue weighted by Crippen LogP contribution is 2.31. The first-order chi connectivity index (χ1) is 11.6. The van der Waals surface area contributed by atoms with Gasteiger partial charge < -0.3 is 9.84 Å². The van der Waals surface area contributed by atoms with E-state index in [9.17, 15) is 0 Å². The van der Waals surface area contributed by atoms with Crippen molar-refractivity contribution in [1.82, 2.24) is 30.6 Å². The number of hydrogen-bond acceptors (Lipinski definition) is 6. The highest BCUT2D eigenvalue weighted by Gasteiger charge is 2.27. The second kappa shape index (κ2) is 7.25. The van der Waals surface area contributed by atoms with Gasteiger partial charge in [0.05, 0.1) is 6.04 Å². The number of allylic oxidation sites excluding steroid dienone is 1. The molecule has 2 aromatic rings. The number of H-pyrrole nitrogens is 1. The third kappa shape index (κ3) is 3.56. The van der Waals surface area contributed by atoms with Crippen LogP contribution >= 0.6 is 0 Å². The lowest BCUT2D eigenvalue weighted by Crippen LogP contribution is -2.34. The molecule has 7 heteroatoms. The maximum absolute atomic E-state index is 5.48. The number of nitrogens with zero attached hydrogens (tertiary/aromatic N) is 4. The zero-order chi connectivity index (χ0) is 17.1. The molecule has 0 aliphatic heterocycles. The molecule has 2 N–H and O–H groups in total. The number of nitrogens with one attached hydrogen (secondary N) is 2. The Hall–Kier alpha value is -2.02. The average molecular weight is 330 g/mol. The lowest BCUT2D eigenvalue weighted by molar-refractivity contribution is 0.263. The fourth-order valence-electron chi connectivity index (χ4n) is 3.37. The van der Waals surface area contributed by atoms with Crippen LogP contribution in [0.5, 0.6) is 0 Å². The van der Waals surface area contributed by atoms with E-state index < -0.39 is 0 Å². The number of aromatic amines is 1. The number of aromatic nitrogens is 5. The van der Waals surface area contributed by atoms with E-state index >= 15 is 0 Å². The zero-order valence-corrected chi connectivity index (χ0v) is 14.8. The second-order valence-electron chi connectivity index (χ2n) is 7.03. The van der Waals surface area contributed by atoms with Gasteiger partial charge >= 0.3 is 0 Å². The molecule has 3 atom stereocenters. The molecule has 0 radical (unpaired) electrons. The monoisotopic (exact) mass is 330 g/mol. The highest BCUT2D eigenvalue weighted by molar-refractivity contribution is 5.39. The summed E-state index contributed by atoms with van der Waals surface area (Å²) in [4.78, 5) is 8.55. The molecule has 0 fully saturated rings. The molecule has 2 heterocycles. The third-order valence-corrected chi connectivity index (χ3v) is 4.92. The number of rotatable bonds is 6. The van der Waals surface area contributed by atoms with Crippen LogP contribution in [0.15, 0.2) is 22.5 Å². The minimum absolute atomic E-state index is 0.0242. The quantitative estimate of drug-likeness (QED) is 0.791. The molecular formula is C17H26N6O. The molecule has 2 aromatic heterocycles. The Kier molecular flexibility index (Phi) is 5.08. The summed E-state index contributed by atoms with van der Waals surface area (Å²) >= 11 is 0. The molecule has 0 aromatic carbocycles. The molecule has 0 saturated carbocycles. The Bertz CT molecular complexity index is 675. The SMILES string of the molecule is CC1=CCCC(C)C1CNC(c1nc(-c2ncn[nH]2)no1)C(C)C. The van der Waals surface area contributed by atoms with Crippen molar-refractivity contribution in [1.29, 1.82) is 0 Å². The Morgan fingerprint density at radius 2 is 2.25 bits per heavy atom. The van der Waals surface area contributed by atoms with Crippen molar-refractivity contribution in [3.63, 3.8) is 0 Å². The van der Waals surface area contributed by atoms with Gasteiger partial charge in [-0.2, -0.15) is 10.1 Å². The van der Waals surface area contributed by atoms with Crippen LogP contribution in [0.1, 0.15) is 52.5 Å². The Balaban J connectivity index is 1.71. The van der Waals surface area contributed by atoms with Gasteiger partial charge in [0.15, 0.2) is 5.82 Å². The summed E-state index contributed by atoms with van der Waals surface area (Å²) in [5.74, 6) is 3.17. The predicted molar refractivity (Wildman–Crippen MR) is 90.9 cm³/mol. The fraction of sp³-hybridized carbons (Fsp3) is 0.647. The van der Waals surface area contributed by atoms with Crippen molar-refractivity contribution in [3.8, 4) is 11.6 Å². The molecule has 0 saturated heterocycles. The van der Waals surface area contributed by atoms with Crippen LogP contribution in [0.3, 0.4) is 0 Å². The second-order valence-corrected chi connectivity index (χ2v) is 7.03. The van der Waals surface area contributed by atoms with Crippen molar-refractivity contribution in [3.05, 3.63) is 23.9 Å². The molecule has 1 aliphatic rings. The molecule has 0 bridgehead atoms. The van der Waals surface area contributed by atoms with Gasteiger partial charge in [-0.05, 0) is 37.5 Å². The molecule has 0 spiro atoms. The molecule has 130 valence electrons. The molecule has 1 aliphatic carbocycles. The maximum Gasteiger partial charge on any atom is 0.244 e. The van der Waals surface area contributed by atoms with Crippen molar-refractivity contribution in [2.45, 2.75) is 46.6 Å². The normalized spacial score (nSPS) is 22.6. The van der Waals surface area contributed by atoms with Crippen LogP contribution < -0.4 is 5.32 Å². The molecule has 3 rings (SSSR count). The van der Waals surface area contributed by atoms with Gasteiger partial charge in [-0.25, -0.2) is 4.98 Å². The topological polar surface area (TPSA) is 92.5 Å². The van der Waals surface area contributed by atoms with Gasteiger partial charge in [-0.1, -0.05) is 37.6 Å². The predicted octanol–water partition coefficient (Wildman–Crippen LogP) is 3.13. The Morgan fingerprint density at radius 1 is 1.42 bits per heavy atom. The molecule has 7 nitrogen and oxygen atoms in total. The minimum Gasteiger partial charge on any atom is -0.337 e. The van der Waals surface area contributed by atoms with Crippen molar-refractivity contribution in [2.24, 2.45) is 17.8 Å². The molecule has 24 heavy (non-hydrogen) atoms. The average Bonchev–Trinajstić information content (AvgIpc) is 3.20. The first-order valence-corrected chi connectivity index (χ1v) is 8.65. The minimum atomic E-state index is 0.0242. The summed E-state index contributed by atoms with van der Waals surface area (Å²) in [6, 6.07) is 0.0242. The van der Waals surface area contributed by atoms with Gasteiger partial charge in [0.2, 0.25) is 11.7 Å². The molecular weight excluding hydrogens is 304 g/mol. The van der Waals surface area contributed by atoms with Crippen LogP contribution in [-0.4, -0.2) is 31.9 Å². The van der Waals surface area contributed by atoms with E-state index in [1.807, 2.05) is 0 Å². The van der Waals surface area contributed by atoms with Crippen LogP contribution in [-0.2, 0) is 0 Å². The summed E-state index contributed by atoms with van der Waals surface area (Å²) in [7, 11) is 0. The van der Waals surface area contributed by atoms with E-state index in [0.29, 0.717) is 35.3 Å².